The third-order valence-electron chi connectivity index (χ3n) is 4.02. The Morgan fingerprint density at radius 3 is 2.79 bits per heavy atom. The van der Waals surface area contributed by atoms with Crippen molar-refractivity contribution < 1.29 is 12.8 Å². The average molecular weight is 369 g/mol. The summed E-state index contributed by atoms with van der Waals surface area (Å²) in [5.74, 6) is -0.441. The Balaban J connectivity index is 1.59. The number of hydrogen-bond acceptors (Lipinski definition) is 5. The number of nitrogens with one attached hydrogen (secondary N) is 1. The normalized spacial score (nSPS) is 15.2. The van der Waals surface area contributed by atoms with Crippen LogP contribution in [-0.4, -0.2) is 33.0 Å². The SMILES string of the molecule is Cc1cc(F)ccc1S(=O)(=O)NCCc1csc(N2CCCC2)n1. The minimum Gasteiger partial charge on any atom is -0.348 e. The van der Waals surface area contributed by atoms with Gasteiger partial charge in [0.15, 0.2) is 5.13 Å². The summed E-state index contributed by atoms with van der Waals surface area (Å²) in [5.41, 5.74) is 1.29. The fourth-order valence-electron chi connectivity index (χ4n) is 2.77. The van der Waals surface area contributed by atoms with Crippen LogP contribution in [0.1, 0.15) is 24.1 Å². The van der Waals surface area contributed by atoms with E-state index in [9.17, 15) is 12.8 Å². The summed E-state index contributed by atoms with van der Waals surface area (Å²) in [6, 6.07) is 3.67. The molecule has 8 heteroatoms. The Bertz CT molecular complexity index is 814. The topological polar surface area (TPSA) is 62.3 Å². The van der Waals surface area contributed by atoms with Crippen molar-refractivity contribution in [3.8, 4) is 0 Å². The molecule has 2 aromatic rings. The molecule has 1 aliphatic heterocycles. The Labute approximate surface area is 145 Å². The van der Waals surface area contributed by atoms with E-state index in [1.165, 1.54) is 25.0 Å². The molecule has 1 N–H and O–H groups in total. The van der Waals surface area contributed by atoms with Crippen molar-refractivity contribution in [3.05, 3.63) is 40.7 Å². The number of halogens is 1. The second-order valence-corrected chi connectivity index (χ2v) is 8.45. The minimum atomic E-state index is -3.64. The summed E-state index contributed by atoms with van der Waals surface area (Å²) in [4.78, 5) is 6.95. The highest BCUT2D eigenvalue weighted by atomic mass is 32.2. The zero-order valence-corrected chi connectivity index (χ0v) is 15.1. The van der Waals surface area contributed by atoms with Crippen molar-refractivity contribution in [2.45, 2.75) is 31.1 Å². The number of aryl methyl sites for hydroxylation is 1. The molecule has 1 aromatic heterocycles. The lowest BCUT2D eigenvalue weighted by Crippen LogP contribution is -2.26. The van der Waals surface area contributed by atoms with Gasteiger partial charge in [0.25, 0.3) is 0 Å². The molecule has 0 atom stereocenters. The fourth-order valence-corrected chi connectivity index (χ4v) is 4.94. The number of nitrogens with zero attached hydrogens (tertiary/aromatic N) is 2. The summed E-state index contributed by atoms with van der Waals surface area (Å²) >= 11 is 1.60. The van der Waals surface area contributed by atoms with E-state index in [-0.39, 0.29) is 11.4 Å². The van der Waals surface area contributed by atoms with E-state index < -0.39 is 15.8 Å². The summed E-state index contributed by atoms with van der Waals surface area (Å²) in [6.45, 7) is 3.94. The van der Waals surface area contributed by atoms with Gasteiger partial charge in [0, 0.05) is 31.4 Å². The van der Waals surface area contributed by atoms with Crippen LogP contribution in [0.15, 0.2) is 28.5 Å². The van der Waals surface area contributed by atoms with Gasteiger partial charge >= 0.3 is 0 Å². The molecular weight excluding hydrogens is 349 g/mol. The smallest absolute Gasteiger partial charge is 0.240 e. The van der Waals surface area contributed by atoms with Crippen molar-refractivity contribution in [2.24, 2.45) is 0 Å². The number of sulfonamides is 1. The summed E-state index contributed by atoms with van der Waals surface area (Å²) in [7, 11) is -3.64. The molecule has 1 fully saturated rings. The van der Waals surface area contributed by atoms with Gasteiger partial charge in [-0.15, -0.1) is 11.3 Å². The molecule has 0 saturated carbocycles. The first-order chi connectivity index (χ1) is 11.5. The monoisotopic (exact) mass is 369 g/mol. The molecule has 0 aliphatic carbocycles. The summed E-state index contributed by atoms with van der Waals surface area (Å²) < 4.78 is 40.3. The molecule has 1 aliphatic rings. The average Bonchev–Trinajstić information content (AvgIpc) is 3.17. The van der Waals surface area contributed by atoms with Gasteiger partial charge in [-0.3, -0.25) is 0 Å². The first kappa shape index (κ1) is 17.3. The number of rotatable bonds is 6. The molecule has 5 nitrogen and oxygen atoms in total. The van der Waals surface area contributed by atoms with Gasteiger partial charge in [0.1, 0.15) is 5.82 Å². The molecule has 0 unspecified atom stereocenters. The van der Waals surface area contributed by atoms with E-state index in [2.05, 4.69) is 14.6 Å². The van der Waals surface area contributed by atoms with E-state index in [0.717, 1.165) is 30.0 Å². The van der Waals surface area contributed by atoms with E-state index in [0.29, 0.717) is 12.0 Å². The zero-order valence-electron chi connectivity index (χ0n) is 13.5. The van der Waals surface area contributed by atoms with Crippen molar-refractivity contribution in [1.29, 1.82) is 0 Å². The lowest BCUT2D eigenvalue weighted by atomic mass is 10.2. The maximum atomic E-state index is 13.1. The van der Waals surface area contributed by atoms with Crippen molar-refractivity contribution >= 4 is 26.5 Å². The van der Waals surface area contributed by atoms with Gasteiger partial charge < -0.3 is 4.90 Å². The largest absolute Gasteiger partial charge is 0.348 e. The molecule has 0 amide bonds. The Morgan fingerprint density at radius 1 is 1.33 bits per heavy atom. The maximum Gasteiger partial charge on any atom is 0.240 e. The fraction of sp³-hybridized carbons (Fsp3) is 0.438. The van der Waals surface area contributed by atoms with Crippen LogP contribution in [0.2, 0.25) is 0 Å². The van der Waals surface area contributed by atoms with Gasteiger partial charge in [0.2, 0.25) is 10.0 Å². The van der Waals surface area contributed by atoms with Crippen LogP contribution < -0.4 is 9.62 Å². The Hall–Kier alpha value is -1.51. The highest BCUT2D eigenvalue weighted by Crippen LogP contribution is 2.24. The maximum absolute atomic E-state index is 13.1. The van der Waals surface area contributed by atoms with Crippen LogP contribution in [-0.2, 0) is 16.4 Å². The van der Waals surface area contributed by atoms with Crippen LogP contribution in [0, 0.1) is 12.7 Å². The van der Waals surface area contributed by atoms with Crippen molar-refractivity contribution in [2.75, 3.05) is 24.5 Å². The molecule has 0 radical (unpaired) electrons. The van der Waals surface area contributed by atoms with Gasteiger partial charge in [-0.25, -0.2) is 22.5 Å². The van der Waals surface area contributed by atoms with Crippen LogP contribution in [0.25, 0.3) is 0 Å². The molecule has 130 valence electrons. The molecule has 1 aromatic carbocycles. The molecule has 0 spiro atoms. The second kappa shape index (κ2) is 7.16. The molecule has 3 rings (SSSR count). The van der Waals surface area contributed by atoms with Crippen molar-refractivity contribution in [3.63, 3.8) is 0 Å². The number of benzene rings is 1. The molecule has 1 saturated heterocycles. The lowest BCUT2D eigenvalue weighted by Gasteiger charge is -2.12. The third-order valence-corrected chi connectivity index (χ3v) is 6.59. The first-order valence-electron chi connectivity index (χ1n) is 7.91. The van der Waals surface area contributed by atoms with Crippen LogP contribution in [0.3, 0.4) is 0 Å². The van der Waals surface area contributed by atoms with Crippen LogP contribution in [0.5, 0.6) is 0 Å². The van der Waals surface area contributed by atoms with Crippen LogP contribution in [0.4, 0.5) is 9.52 Å². The van der Waals surface area contributed by atoms with Gasteiger partial charge in [0.05, 0.1) is 10.6 Å². The molecule has 2 heterocycles. The van der Waals surface area contributed by atoms with Gasteiger partial charge in [-0.05, 0) is 43.5 Å². The number of anilines is 1. The van der Waals surface area contributed by atoms with Crippen molar-refractivity contribution in [1.82, 2.24) is 9.71 Å². The highest BCUT2D eigenvalue weighted by Gasteiger charge is 2.18. The predicted molar refractivity (Wildman–Crippen MR) is 93.6 cm³/mol. The Morgan fingerprint density at radius 2 is 2.08 bits per heavy atom. The van der Waals surface area contributed by atoms with E-state index in [1.807, 2.05) is 5.38 Å². The van der Waals surface area contributed by atoms with Crippen LogP contribution >= 0.6 is 11.3 Å². The highest BCUT2D eigenvalue weighted by molar-refractivity contribution is 7.89. The number of aromatic nitrogens is 1. The number of thiazole rings is 1. The molecule has 24 heavy (non-hydrogen) atoms. The first-order valence-corrected chi connectivity index (χ1v) is 10.3. The zero-order chi connectivity index (χ0) is 17.2. The van der Waals surface area contributed by atoms with E-state index >= 15 is 0 Å². The summed E-state index contributed by atoms with van der Waals surface area (Å²) in [6.07, 6.45) is 2.93. The number of hydrogen-bond donors (Lipinski definition) is 1. The quantitative estimate of drug-likeness (QED) is 0.850. The van der Waals surface area contributed by atoms with Gasteiger partial charge in [-0.2, -0.15) is 0 Å². The lowest BCUT2D eigenvalue weighted by molar-refractivity contribution is 0.579. The summed E-state index contributed by atoms with van der Waals surface area (Å²) in [5, 5.41) is 2.99. The standard InChI is InChI=1S/C16H20FN3O2S2/c1-12-10-13(17)4-5-15(12)24(21,22)18-7-6-14-11-23-16(19-14)20-8-2-3-9-20/h4-5,10-11,18H,2-3,6-9H2,1H3. The van der Waals surface area contributed by atoms with Gasteiger partial charge in [-0.1, -0.05) is 0 Å². The predicted octanol–water partition coefficient (Wildman–Crippen LogP) is 2.71. The molecule has 0 bridgehead atoms. The molecular formula is C16H20FN3O2S2. The minimum absolute atomic E-state index is 0.111. The Kier molecular flexibility index (Phi) is 5.17. The van der Waals surface area contributed by atoms with E-state index in [4.69, 9.17) is 0 Å². The van der Waals surface area contributed by atoms with E-state index in [1.54, 1.807) is 18.3 Å². The third kappa shape index (κ3) is 3.93. The second-order valence-electron chi connectivity index (χ2n) is 5.87.